The number of anilines is 1. The third-order valence-corrected chi connectivity index (χ3v) is 3.99. The fourth-order valence-corrected chi connectivity index (χ4v) is 2.46. The number of nitrogens with one attached hydrogen (secondary N) is 1. The van der Waals surface area contributed by atoms with Gasteiger partial charge in [-0.2, -0.15) is 0 Å². The first-order valence-electron chi connectivity index (χ1n) is 8.16. The highest BCUT2D eigenvalue weighted by Gasteiger charge is 2.19. The van der Waals surface area contributed by atoms with Crippen LogP contribution in [0.3, 0.4) is 0 Å². The Kier molecular flexibility index (Phi) is 6.38. The molecule has 0 aromatic heterocycles. The lowest BCUT2D eigenvalue weighted by atomic mass is 10.1. The third-order valence-electron chi connectivity index (χ3n) is 3.99. The fraction of sp³-hybridized carbons (Fsp3) is 0.350. The van der Waals surface area contributed by atoms with Crippen molar-refractivity contribution in [1.82, 2.24) is 0 Å². The number of rotatable bonds is 7. The minimum Gasteiger partial charge on any atom is -0.480 e. The highest BCUT2D eigenvalue weighted by molar-refractivity contribution is 5.94. The van der Waals surface area contributed by atoms with E-state index in [9.17, 15) is 4.79 Å². The van der Waals surface area contributed by atoms with Crippen LogP contribution >= 0.6 is 0 Å². The molecule has 2 aromatic rings. The number of carbonyl (C=O) groups is 1. The number of hydrogen-bond acceptors (Lipinski definition) is 3. The van der Waals surface area contributed by atoms with Crippen molar-refractivity contribution in [2.75, 3.05) is 12.4 Å². The molecule has 0 spiro atoms. The average molecular weight is 327 g/mol. The van der Waals surface area contributed by atoms with E-state index in [-0.39, 0.29) is 5.91 Å². The van der Waals surface area contributed by atoms with Crippen molar-refractivity contribution in [3.8, 4) is 5.75 Å². The predicted molar refractivity (Wildman–Crippen MR) is 96.4 cm³/mol. The average Bonchev–Trinajstić information content (AvgIpc) is 2.56. The van der Waals surface area contributed by atoms with Gasteiger partial charge < -0.3 is 14.8 Å². The van der Waals surface area contributed by atoms with Gasteiger partial charge in [0.25, 0.3) is 5.91 Å². The SMILES string of the molecule is CC[C@H](Oc1cccc(C)c1C)C(=O)Nc1cccc(COC)c1. The molecule has 2 rings (SSSR count). The Bertz CT molecular complexity index is 697. The van der Waals surface area contributed by atoms with Gasteiger partial charge >= 0.3 is 0 Å². The van der Waals surface area contributed by atoms with E-state index in [1.807, 2.05) is 63.2 Å². The van der Waals surface area contributed by atoms with E-state index in [1.54, 1.807) is 7.11 Å². The number of amides is 1. The van der Waals surface area contributed by atoms with Gasteiger partial charge in [0, 0.05) is 12.8 Å². The molecular formula is C20H25NO3. The quantitative estimate of drug-likeness (QED) is 0.827. The molecule has 4 nitrogen and oxygen atoms in total. The molecule has 0 aliphatic carbocycles. The molecule has 0 aliphatic heterocycles. The Morgan fingerprint density at radius 1 is 1.17 bits per heavy atom. The number of carbonyl (C=O) groups excluding carboxylic acids is 1. The van der Waals surface area contributed by atoms with Crippen LogP contribution in [0.1, 0.15) is 30.0 Å². The Labute approximate surface area is 143 Å². The van der Waals surface area contributed by atoms with Crippen molar-refractivity contribution in [2.24, 2.45) is 0 Å². The van der Waals surface area contributed by atoms with E-state index in [1.165, 1.54) is 0 Å². The van der Waals surface area contributed by atoms with Crippen molar-refractivity contribution >= 4 is 11.6 Å². The summed E-state index contributed by atoms with van der Waals surface area (Å²) in [5.41, 5.74) is 3.97. The second-order valence-corrected chi connectivity index (χ2v) is 5.84. The summed E-state index contributed by atoms with van der Waals surface area (Å²) in [6.07, 6.45) is 0.0633. The molecule has 4 heteroatoms. The lowest BCUT2D eigenvalue weighted by Crippen LogP contribution is -2.32. The van der Waals surface area contributed by atoms with Crippen molar-refractivity contribution in [3.63, 3.8) is 0 Å². The minimum absolute atomic E-state index is 0.145. The molecule has 2 aromatic carbocycles. The van der Waals surface area contributed by atoms with E-state index in [4.69, 9.17) is 9.47 Å². The summed E-state index contributed by atoms with van der Waals surface area (Å²) in [5, 5.41) is 2.93. The van der Waals surface area contributed by atoms with E-state index >= 15 is 0 Å². The molecule has 1 N–H and O–H groups in total. The van der Waals surface area contributed by atoms with Crippen LogP contribution in [0.15, 0.2) is 42.5 Å². The first kappa shape index (κ1) is 18.0. The normalized spacial score (nSPS) is 11.8. The minimum atomic E-state index is -0.531. The molecule has 0 radical (unpaired) electrons. The van der Waals surface area contributed by atoms with Crippen LogP contribution in [0.2, 0.25) is 0 Å². The molecule has 0 bridgehead atoms. The second kappa shape index (κ2) is 8.50. The first-order valence-corrected chi connectivity index (χ1v) is 8.16. The molecule has 24 heavy (non-hydrogen) atoms. The fourth-order valence-electron chi connectivity index (χ4n) is 2.46. The molecule has 128 valence electrons. The van der Waals surface area contributed by atoms with Gasteiger partial charge in [0.1, 0.15) is 5.75 Å². The van der Waals surface area contributed by atoms with Crippen LogP contribution in [0, 0.1) is 13.8 Å². The van der Waals surface area contributed by atoms with E-state index < -0.39 is 6.10 Å². The molecule has 0 heterocycles. The summed E-state index contributed by atoms with van der Waals surface area (Å²) < 4.78 is 11.1. The molecule has 1 amide bonds. The molecule has 0 saturated heterocycles. The summed E-state index contributed by atoms with van der Waals surface area (Å²) >= 11 is 0. The second-order valence-electron chi connectivity index (χ2n) is 5.84. The molecule has 1 atom stereocenters. The highest BCUT2D eigenvalue weighted by Crippen LogP contribution is 2.23. The summed E-state index contributed by atoms with van der Waals surface area (Å²) in [7, 11) is 1.65. The van der Waals surface area contributed by atoms with Gasteiger partial charge in [-0.25, -0.2) is 0 Å². The topological polar surface area (TPSA) is 47.6 Å². The van der Waals surface area contributed by atoms with Gasteiger partial charge in [0.2, 0.25) is 0 Å². The zero-order chi connectivity index (χ0) is 17.5. The number of ether oxygens (including phenoxy) is 2. The summed E-state index contributed by atoms with van der Waals surface area (Å²) in [6, 6.07) is 13.5. The lowest BCUT2D eigenvalue weighted by molar-refractivity contribution is -0.122. The van der Waals surface area contributed by atoms with E-state index in [0.29, 0.717) is 13.0 Å². The zero-order valence-corrected chi connectivity index (χ0v) is 14.8. The number of benzene rings is 2. The Morgan fingerprint density at radius 2 is 1.92 bits per heavy atom. The maximum Gasteiger partial charge on any atom is 0.265 e. The van der Waals surface area contributed by atoms with Crippen molar-refractivity contribution in [2.45, 2.75) is 39.9 Å². The van der Waals surface area contributed by atoms with Crippen LogP contribution in [0.25, 0.3) is 0 Å². The largest absolute Gasteiger partial charge is 0.480 e. The summed E-state index contributed by atoms with van der Waals surface area (Å²) in [5.74, 6) is 0.609. The third kappa shape index (κ3) is 4.59. The monoisotopic (exact) mass is 327 g/mol. The first-order chi connectivity index (χ1) is 11.5. The number of methoxy groups -OCH3 is 1. The van der Waals surface area contributed by atoms with Crippen LogP contribution in [-0.2, 0) is 16.1 Å². The van der Waals surface area contributed by atoms with E-state index in [0.717, 1.165) is 28.1 Å². The zero-order valence-electron chi connectivity index (χ0n) is 14.8. The van der Waals surface area contributed by atoms with Crippen LogP contribution in [-0.4, -0.2) is 19.1 Å². The van der Waals surface area contributed by atoms with Crippen LogP contribution in [0.4, 0.5) is 5.69 Å². The smallest absolute Gasteiger partial charge is 0.265 e. The van der Waals surface area contributed by atoms with E-state index in [2.05, 4.69) is 5.32 Å². The van der Waals surface area contributed by atoms with Crippen molar-refractivity contribution < 1.29 is 14.3 Å². The van der Waals surface area contributed by atoms with Gasteiger partial charge in [-0.05, 0) is 55.2 Å². The maximum absolute atomic E-state index is 12.5. The van der Waals surface area contributed by atoms with Gasteiger partial charge in [0.05, 0.1) is 6.61 Å². The van der Waals surface area contributed by atoms with Crippen molar-refractivity contribution in [1.29, 1.82) is 0 Å². The predicted octanol–water partition coefficient (Wildman–Crippen LogP) is 4.25. The maximum atomic E-state index is 12.5. The van der Waals surface area contributed by atoms with Crippen LogP contribution < -0.4 is 10.1 Å². The Morgan fingerprint density at radius 3 is 2.62 bits per heavy atom. The summed E-state index contributed by atoms with van der Waals surface area (Å²) in [4.78, 5) is 12.5. The lowest BCUT2D eigenvalue weighted by Gasteiger charge is -2.19. The van der Waals surface area contributed by atoms with Crippen LogP contribution in [0.5, 0.6) is 5.75 Å². The Balaban J connectivity index is 2.08. The number of hydrogen-bond donors (Lipinski definition) is 1. The highest BCUT2D eigenvalue weighted by atomic mass is 16.5. The molecule has 0 aliphatic rings. The van der Waals surface area contributed by atoms with Gasteiger partial charge in [-0.1, -0.05) is 31.2 Å². The van der Waals surface area contributed by atoms with Gasteiger partial charge in [-0.3, -0.25) is 4.79 Å². The molecule has 0 unspecified atom stereocenters. The molecule has 0 saturated carbocycles. The number of aryl methyl sites for hydroxylation is 1. The molecule has 0 fully saturated rings. The Hall–Kier alpha value is -2.33. The summed E-state index contributed by atoms with van der Waals surface area (Å²) in [6.45, 7) is 6.49. The van der Waals surface area contributed by atoms with Crippen molar-refractivity contribution in [3.05, 3.63) is 59.2 Å². The van der Waals surface area contributed by atoms with Gasteiger partial charge in [0.15, 0.2) is 6.10 Å². The van der Waals surface area contributed by atoms with Gasteiger partial charge in [-0.15, -0.1) is 0 Å². The molecular weight excluding hydrogens is 302 g/mol. The standard InChI is InChI=1S/C20H25NO3/c1-5-18(24-19-11-6-8-14(2)15(19)3)20(22)21-17-10-7-9-16(12-17)13-23-4/h6-12,18H,5,13H2,1-4H3,(H,21,22)/t18-/m0/s1.